The molecule has 1 aromatic carbocycles. The van der Waals surface area contributed by atoms with Crippen molar-refractivity contribution in [3.05, 3.63) is 72.1 Å². The number of hydrogen-bond donors (Lipinski definition) is 2. The molecule has 3 rings (SSSR count). The minimum absolute atomic E-state index is 0.00225. The summed E-state index contributed by atoms with van der Waals surface area (Å²) >= 11 is 0. The number of amides is 1. The number of hydrogen-bond acceptors (Lipinski definition) is 6. The molecule has 10 heteroatoms. The van der Waals surface area contributed by atoms with Crippen molar-refractivity contribution < 1.29 is 13.2 Å². The SMILES string of the molecule is C[C@@H](NS(=O)(=O)c1cccc(C(=O)NCc2cnn(C)c2)c1)c1ccncn1. The van der Waals surface area contributed by atoms with Gasteiger partial charge in [0, 0.05) is 37.1 Å². The summed E-state index contributed by atoms with van der Waals surface area (Å²) in [4.78, 5) is 20.2. The minimum atomic E-state index is -3.83. The van der Waals surface area contributed by atoms with Gasteiger partial charge in [0.1, 0.15) is 6.33 Å². The zero-order valence-corrected chi connectivity index (χ0v) is 16.2. The lowest BCUT2D eigenvalue weighted by Crippen LogP contribution is -2.28. The second kappa shape index (κ2) is 8.28. The largest absolute Gasteiger partial charge is 0.348 e. The van der Waals surface area contributed by atoms with Crippen LogP contribution in [0.4, 0.5) is 0 Å². The van der Waals surface area contributed by atoms with Gasteiger partial charge < -0.3 is 5.32 Å². The third kappa shape index (κ3) is 4.78. The van der Waals surface area contributed by atoms with E-state index in [0.29, 0.717) is 12.2 Å². The average molecular weight is 400 g/mol. The van der Waals surface area contributed by atoms with Gasteiger partial charge in [0.25, 0.3) is 5.91 Å². The predicted octanol–water partition coefficient (Wildman–Crippen LogP) is 1.18. The van der Waals surface area contributed by atoms with Crippen molar-refractivity contribution >= 4 is 15.9 Å². The maximum atomic E-state index is 12.7. The Labute approximate surface area is 162 Å². The van der Waals surface area contributed by atoms with Crippen LogP contribution in [0.15, 0.2) is 60.1 Å². The first-order chi connectivity index (χ1) is 13.3. The summed E-state index contributed by atoms with van der Waals surface area (Å²) in [7, 11) is -2.04. The lowest BCUT2D eigenvalue weighted by Gasteiger charge is -2.14. The first-order valence-electron chi connectivity index (χ1n) is 8.49. The number of sulfonamides is 1. The highest BCUT2D eigenvalue weighted by molar-refractivity contribution is 7.89. The Hall–Kier alpha value is -3.11. The molecule has 0 fully saturated rings. The summed E-state index contributed by atoms with van der Waals surface area (Å²) in [6.45, 7) is 1.98. The molecule has 0 aliphatic carbocycles. The molecule has 146 valence electrons. The fourth-order valence-electron chi connectivity index (χ4n) is 2.57. The van der Waals surface area contributed by atoms with Gasteiger partial charge in [0.15, 0.2) is 0 Å². The van der Waals surface area contributed by atoms with E-state index in [1.54, 1.807) is 49.4 Å². The van der Waals surface area contributed by atoms with E-state index in [4.69, 9.17) is 0 Å². The smallest absolute Gasteiger partial charge is 0.251 e. The Morgan fingerprint density at radius 1 is 1.29 bits per heavy atom. The third-order valence-electron chi connectivity index (χ3n) is 4.00. The molecule has 28 heavy (non-hydrogen) atoms. The summed E-state index contributed by atoms with van der Waals surface area (Å²) in [5, 5.41) is 6.78. The summed E-state index contributed by atoms with van der Waals surface area (Å²) in [6, 6.07) is 6.96. The quantitative estimate of drug-likeness (QED) is 0.615. The highest BCUT2D eigenvalue weighted by Gasteiger charge is 2.20. The number of carbonyl (C=O) groups excluding carboxylic acids is 1. The van der Waals surface area contributed by atoms with Gasteiger partial charge in [0.05, 0.1) is 22.8 Å². The van der Waals surface area contributed by atoms with Crippen molar-refractivity contribution in [3.8, 4) is 0 Å². The van der Waals surface area contributed by atoms with Crippen molar-refractivity contribution in [2.45, 2.75) is 24.4 Å². The van der Waals surface area contributed by atoms with Gasteiger partial charge in [-0.25, -0.2) is 23.1 Å². The maximum absolute atomic E-state index is 12.7. The van der Waals surface area contributed by atoms with Crippen LogP contribution in [0, 0.1) is 0 Å². The number of benzene rings is 1. The number of carbonyl (C=O) groups is 1. The van der Waals surface area contributed by atoms with Crippen molar-refractivity contribution in [2.24, 2.45) is 7.05 Å². The van der Waals surface area contributed by atoms with E-state index < -0.39 is 16.1 Å². The van der Waals surface area contributed by atoms with Gasteiger partial charge in [-0.2, -0.15) is 5.10 Å². The van der Waals surface area contributed by atoms with E-state index in [9.17, 15) is 13.2 Å². The van der Waals surface area contributed by atoms with Crippen LogP contribution in [0.3, 0.4) is 0 Å². The molecule has 0 radical (unpaired) electrons. The van der Waals surface area contributed by atoms with Crippen LogP contribution in [-0.2, 0) is 23.6 Å². The molecule has 2 aromatic heterocycles. The summed E-state index contributed by atoms with van der Waals surface area (Å²) < 4.78 is 29.5. The second-order valence-corrected chi connectivity index (χ2v) is 7.92. The summed E-state index contributed by atoms with van der Waals surface area (Å²) in [5.74, 6) is -0.371. The average Bonchev–Trinajstić information content (AvgIpc) is 3.12. The Morgan fingerprint density at radius 3 is 2.79 bits per heavy atom. The van der Waals surface area contributed by atoms with Crippen LogP contribution in [0.1, 0.15) is 34.6 Å². The summed E-state index contributed by atoms with van der Waals surface area (Å²) in [5.41, 5.74) is 1.64. The van der Waals surface area contributed by atoms with Gasteiger partial charge in [-0.15, -0.1) is 0 Å². The van der Waals surface area contributed by atoms with Crippen LogP contribution < -0.4 is 10.0 Å². The van der Waals surface area contributed by atoms with Gasteiger partial charge in [0.2, 0.25) is 10.0 Å². The molecule has 2 N–H and O–H groups in total. The van der Waals surface area contributed by atoms with Crippen LogP contribution in [0.25, 0.3) is 0 Å². The molecule has 0 unspecified atom stereocenters. The maximum Gasteiger partial charge on any atom is 0.251 e. The zero-order valence-electron chi connectivity index (χ0n) is 15.4. The summed E-state index contributed by atoms with van der Waals surface area (Å²) in [6.07, 6.45) is 6.34. The molecule has 2 heterocycles. The molecule has 0 spiro atoms. The Bertz CT molecular complexity index is 1070. The standard InChI is InChI=1S/C18H20N6O3S/c1-13(17-6-7-19-12-21-17)23-28(26,27)16-5-3-4-15(8-16)18(25)20-9-14-10-22-24(2)11-14/h3-8,10-13,23H,9H2,1-2H3,(H,20,25)/t13-/m1/s1. The molecule has 3 aromatic rings. The Kier molecular flexibility index (Phi) is 5.81. The monoisotopic (exact) mass is 400 g/mol. The van der Waals surface area contributed by atoms with Gasteiger partial charge in [-0.3, -0.25) is 9.48 Å². The molecule has 0 aliphatic rings. The number of rotatable bonds is 7. The highest BCUT2D eigenvalue weighted by atomic mass is 32.2. The lowest BCUT2D eigenvalue weighted by atomic mass is 10.2. The Morgan fingerprint density at radius 2 is 2.11 bits per heavy atom. The van der Waals surface area contributed by atoms with E-state index in [1.807, 2.05) is 0 Å². The van der Waals surface area contributed by atoms with E-state index in [-0.39, 0.29) is 16.4 Å². The van der Waals surface area contributed by atoms with Gasteiger partial charge in [-0.05, 0) is 31.2 Å². The number of aryl methyl sites for hydroxylation is 1. The van der Waals surface area contributed by atoms with Crippen LogP contribution in [-0.4, -0.2) is 34.1 Å². The first-order valence-corrected chi connectivity index (χ1v) is 9.97. The number of nitrogens with one attached hydrogen (secondary N) is 2. The van der Waals surface area contributed by atoms with E-state index in [2.05, 4.69) is 25.1 Å². The van der Waals surface area contributed by atoms with Crippen molar-refractivity contribution in [2.75, 3.05) is 0 Å². The van der Waals surface area contributed by atoms with Gasteiger partial charge >= 0.3 is 0 Å². The molecular weight excluding hydrogens is 380 g/mol. The molecule has 1 atom stereocenters. The molecular formula is C18H20N6O3S. The second-order valence-electron chi connectivity index (χ2n) is 6.21. The third-order valence-corrected chi connectivity index (χ3v) is 5.54. The molecule has 0 saturated carbocycles. The number of aromatic nitrogens is 4. The van der Waals surface area contributed by atoms with Crippen LogP contribution in [0.2, 0.25) is 0 Å². The molecule has 0 aliphatic heterocycles. The predicted molar refractivity (Wildman–Crippen MR) is 102 cm³/mol. The van der Waals surface area contributed by atoms with E-state index >= 15 is 0 Å². The first kappa shape index (κ1) is 19.6. The fourth-order valence-corrected chi connectivity index (χ4v) is 3.83. The topological polar surface area (TPSA) is 119 Å². The van der Waals surface area contributed by atoms with E-state index in [1.165, 1.54) is 24.5 Å². The molecule has 0 saturated heterocycles. The van der Waals surface area contributed by atoms with Crippen molar-refractivity contribution in [1.82, 2.24) is 29.8 Å². The molecule has 0 bridgehead atoms. The highest BCUT2D eigenvalue weighted by Crippen LogP contribution is 2.16. The van der Waals surface area contributed by atoms with Crippen LogP contribution in [0.5, 0.6) is 0 Å². The Balaban J connectivity index is 1.71. The van der Waals surface area contributed by atoms with E-state index in [0.717, 1.165) is 5.56 Å². The fraction of sp³-hybridized carbons (Fsp3) is 0.222. The van der Waals surface area contributed by atoms with Crippen molar-refractivity contribution in [1.29, 1.82) is 0 Å². The normalized spacial score (nSPS) is 12.5. The molecule has 1 amide bonds. The number of nitrogens with zero attached hydrogens (tertiary/aromatic N) is 4. The zero-order chi connectivity index (χ0) is 20.1. The lowest BCUT2D eigenvalue weighted by molar-refractivity contribution is 0.0950. The van der Waals surface area contributed by atoms with Gasteiger partial charge in [-0.1, -0.05) is 6.07 Å². The van der Waals surface area contributed by atoms with Crippen LogP contribution >= 0.6 is 0 Å². The minimum Gasteiger partial charge on any atom is -0.348 e. The molecule has 9 nitrogen and oxygen atoms in total. The van der Waals surface area contributed by atoms with Crippen molar-refractivity contribution in [3.63, 3.8) is 0 Å².